The van der Waals surface area contributed by atoms with Crippen LogP contribution in [0.2, 0.25) is 0 Å². The van der Waals surface area contributed by atoms with Crippen LogP contribution in [0, 0.1) is 0 Å². The molecule has 2 aliphatic heterocycles. The molecule has 0 saturated carbocycles. The third kappa shape index (κ3) is 2.84. The molecule has 0 radical (unpaired) electrons. The smallest absolute Gasteiger partial charge is 0.353 e. The number of carboxylic acid groups (broad SMARTS) is 1. The Morgan fingerprint density at radius 1 is 1.63 bits per heavy atom. The molecule has 0 aromatic rings. The summed E-state index contributed by atoms with van der Waals surface area (Å²) >= 11 is 6.44. The molecule has 0 aliphatic carbocycles. The van der Waals surface area contributed by atoms with Crippen LogP contribution in [-0.2, 0) is 9.59 Å². The Hall–Kier alpha value is -1.28. The lowest BCUT2D eigenvalue weighted by Gasteiger charge is -2.33. The summed E-state index contributed by atoms with van der Waals surface area (Å²) in [4.78, 5) is 24.8. The Morgan fingerprint density at radius 3 is 2.95 bits per heavy atom. The van der Waals surface area contributed by atoms with Crippen molar-refractivity contribution in [3.8, 4) is 0 Å². The summed E-state index contributed by atoms with van der Waals surface area (Å²) in [6.07, 6.45) is 1.86. The fourth-order valence-electron chi connectivity index (χ4n) is 2.04. The van der Waals surface area contributed by atoms with Gasteiger partial charge in [-0.25, -0.2) is 4.79 Å². The molecule has 2 rings (SSSR count). The summed E-state index contributed by atoms with van der Waals surface area (Å²) < 4.78 is 0. The molecule has 3 N–H and O–H groups in total. The van der Waals surface area contributed by atoms with Crippen LogP contribution in [0.3, 0.4) is 0 Å². The highest BCUT2D eigenvalue weighted by Gasteiger charge is 2.47. The van der Waals surface area contributed by atoms with E-state index in [1.807, 2.05) is 0 Å². The number of rotatable bonds is 5. The first kappa shape index (κ1) is 14.1. The van der Waals surface area contributed by atoms with Gasteiger partial charge in [-0.3, -0.25) is 9.69 Å². The first-order chi connectivity index (χ1) is 9.04. The Labute approximate surface area is 120 Å². The van der Waals surface area contributed by atoms with Crippen LogP contribution in [0.15, 0.2) is 10.6 Å². The van der Waals surface area contributed by atoms with Crippen LogP contribution in [0.25, 0.3) is 0 Å². The molecule has 2 heterocycles. The van der Waals surface area contributed by atoms with Gasteiger partial charge in [0.2, 0.25) is 5.91 Å². The molecule has 0 bridgehead atoms. The van der Waals surface area contributed by atoms with Gasteiger partial charge in [0.25, 0.3) is 0 Å². The first-order valence-electron chi connectivity index (χ1n) is 5.95. The predicted molar refractivity (Wildman–Crippen MR) is 76.4 cm³/mol. The van der Waals surface area contributed by atoms with Crippen LogP contribution in [-0.4, -0.2) is 46.0 Å². The zero-order valence-electron chi connectivity index (χ0n) is 10.4. The molecule has 6 nitrogen and oxygen atoms in total. The van der Waals surface area contributed by atoms with Gasteiger partial charge < -0.3 is 15.7 Å². The zero-order chi connectivity index (χ0) is 14.0. The molecule has 8 heteroatoms. The number of hydrogen-bond acceptors (Lipinski definition) is 4. The topological polar surface area (TPSA) is 81.7 Å². The van der Waals surface area contributed by atoms with Crippen LogP contribution < -0.4 is 10.6 Å². The number of β-lactam (4-membered cyclic amide) rings is 1. The zero-order valence-corrected chi connectivity index (χ0v) is 12.1. The van der Waals surface area contributed by atoms with Gasteiger partial charge >= 0.3 is 5.97 Å². The van der Waals surface area contributed by atoms with Crippen molar-refractivity contribution in [2.75, 3.05) is 13.6 Å². The number of hydrogen-bond donors (Lipinski definition) is 3. The Balaban J connectivity index is 1.90. The number of thiocarbonyl (C=S) groups is 1. The average molecular weight is 301 g/mol. The van der Waals surface area contributed by atoms with Crippen molar-refractivity contribution < 1.29 is 14.7 Å². The lowest BCUT2D eigenvalue weighted by Crippen LogP contribution is -2.48. The third-order valence-electron chi connectivity index (χ3n) is 2.99. The van der Waals surface area contributed by atoms with E-state index in [2.05, 4.69) is 10.6 Å². The number of thioether (sulfide) groups is 1. The normalized spacial score (nSPS) is 21.0. The Morgan fingerprint density at radius 2 is 2.37 bits per heavy atom. The van der Waals surface area contributed by atoms with Gasteiger partial charge in [0.05, 0.1) is 11.8 Å². The summed E-state index contributed by atoms with van der Waals surface area (Å²) in [6.45, 7) is 0.676. The second kappa shape index (κ2) is 5.79. The molecule has 0 unspecified atom stereocenters. The summed E-state index contributed by atoms with van der Waals surface area (Å²) in [5.41, 5.74) is 0.169. The van der Waals surface area contributed by atoms with Crippen LogP contribution in [0.5, 0.6) is 0 Å². The maximum atomic E-state index is 11.4. The minimum Gasteiger partial charge on any atom is -0.477 e. The maximum absolute atomic E-state index is 11.4. The van der Waals surface area contributed by atoms with E-state index in [1.165, 1.54) is 16.7 Å². The third-order valence-corrected chi connectivity index (χ3v) is 4.67. The van der Waals surface area contributed by atoms with Crippen LogP contribution in [0.4, 0.5) is 0 Å². The van der Waals surface area contributed by atoms with E-state index >= 15 is 0 Å². The number of fused-ring (bicyclic) bond motifs is 1. The molecule has 0 aromatic heterocycles. The molecule has 0 aromatic carbocycles. The predicted octanol–water partition coefficient (Wildman–Crippen LogP) is 0.462. The molecule has 1 saturated heterocycles. The van der Waals surface area contributed by atoms with Gasteiger partial charge in [0.15, 0.2) is 5.11 Å². The van der Waals surface area contributed by atoms with E-state index < -0.39 is 5.97 Å². The number of aliphatic carboxylic acids is 1. The Bertz CT molecular complexity index is 464. The number of amides is 1. The number of nitrogens with one attached hydrogen (secondary N) is 2. The number of carboxylic acids is 1. The van der Waals surface area contributed by atoms with Crippen molar-refractivity contribution in [2.24, 2.45) is 0 Å². The quantitative estimate of drug-likeness (QED) is 0.387. The monoisotopic (exact) mass is 301 g/mol. The van der Waals surface area contributed by atoms with Gasteiger partial charge in [-0.2, -0.15) is 0 Å². The van der Waals surface area contributed by atoms with Crippen LogP contribution >= 0.6 is 24.0 Å². The summed E-state index contributed by atoms with van der Waals surface area (Å²) in [6, 6.07) is 0. The summed E-state index contributed by atoms with van der Waals surface area (Å²) in [5.74, 6) is -1.11. The van der Waals surface area contributed by atoms with Gasteiger partial charge in [0, 0.05) is 18.5 Å². The average Bonchev–Trinajstić information content (AvgIpc) is 2.67. The molecule has 1 fully saturated rings. The fourth-order valence-corrected chi connectivity index (χ4v) is 3.59. The molecular formula is C11H15N3O3S2. The maximum Gasteiger partial charge on any atom is 0.353 e. The molecular weight excluding hydrogens is 286 g/mol. The lowest BCUT2D eigenvalue weighted by atomic mass is 10.1. The Kier molecular flexibility index (Phi) is 4.31. The summed E-state index contributed by atoms with van der Waals surface area (Å²) in [7, 11) is 1.74. The van der Waals surface area contributed by atoms with E-state index in [1.54, 1.807) is 7.05 Å². The minimum atomic E-state index is -1.02. The van der Waals surface area contributed by atoms with Crippen LogP contribution in [0.1, 0.15) is 19.3 Å². The van der Waals surface area contributed by atoms with Gasteiger partial charge in [-0.15, -0.1) is 11.8 Å². The highest BCUT2D eigenvalue weighted by molar-refractivity contribution is 8.04. The van der Waals surface area contributed by atoms with Gasteiger partial charge in [-0.05, 0) is 25.1 Å². The van der Waals surface area contributed by atoms with Gasteiger partial charge in [-0.1, -0.05) is 0 Å². The molecule has 19 heavy (non-hydrogen) atoms. The van der Waals surface area contributed by atoms with E-state index in [4.69, 9.17) is 12.2 Å². The fraction of sp³-hybridized carbons (Fsp3) is 0.545. The van der Waals surface area contributed by atoms with Crippen molar-refractivity contribution in [1.82, 2.24) is 15.5 Å². The highest BCUT2D eigenvalue weighted by atomic mass is 32.2. The lowest BCUT2D eigenvalue weighted by molar-refractivity contribution is -0.145. The number of carbonyl (C=O) groups is 2. The van der Waals surface area contributed by atoms with E-state index in [0.29, 0.717) is 24.5 Å². The standard InChI is InChI=1S/C11H15N3O3S2/c1-12-11(18)13-4-2-3-6-9(10(16)17)14-7(15)5-8(14)19-6/h8H,2-5H2,1H3,(H,16,17)(H2,12,13,18)/t8-/m0/s1. The van der Waals surface area contributed by atoms with Crippen molar-refractivity contribution in [3.63, 3.8) is 0 Å². The number of carbonyl (C=O) groups excluding carboxylic acids is 1. The second-order valence-electron chi connectivity index (χ2n) is 4.23. The highest BCUT2D eigenvalue weighted by Crippen LogP contribution is 2.47. The van der Waals surface area contributed by atoms with E-state index in [-0.39, 0.29) is 17.0 Å². The van der Waals surface area contributed by atoms with Crippen molar-refractivity contribution in [2.45, 2.75) is 24.6 Å². The van der Waals surface area contributed by atoms with E-state index in [9.17, 15) is 14.7 Å². The van der Waals surface area contributed by atoms with Crippen molar-refractivity contribution >= 4 is 41.0 Å². The molecule has 1 atom stereocenters. The molecule has 104 valence electrons. The SMILES string of the molecule is CNC(=S)NCCCC1=C(C(=O)O)N2C(=O)C[C@@H]2S1. The van der Waals surface area contributed by atoms with E-state index in [0.717, 1.165) is 11.3 Å². The second-order valence-corrected chi connectivity index (χ2v) is 5.91. The minimum absolute atomic E-state index is 0.0000518. The van der Waals surface area contributed by atoms with Crippen molar-refractivity contribution in [3.05, 3.63) is 10.6 Å². The number of allylic oxidation sites excluding steroid dienone is 1. The molecule has 2 aliphatic rings. The number of nitrogens with zero attached hydrogens (tertiary/aromatic N) is 1. The first-order valence-corrected chi connectivity index (χ1v) is 7.24. The molecule has 0 spiro atoms. The summed E-state index contributed by atoms with van der Waals surface area (Å²) in [5, 5.41) is 15.6. The largest absolute Gasteiger partial charge is 0.477 e. The van der Waals surface area contributed by atoms with Gasteiger partial charge in [0.1, 0.15) is 5.70 Å². The van der Waals surface area contributed by atoms with Crippen molar-refractivity contribution in [1.29, 1.82) is 0 Å². The molecule has 1 amide bonds.